The minimum atomic E-state index is -0.407. The Kier molecular flexibility index (Phi) is 6.15. The Morgan fingerprint density at radius 1 is 1.16 bits per heavy atom. The summed E-state index contributed by atoms with van der Waals surface area (Å²) in [4.78, 5) is 26.2. The molecule has 6 rings (SSSR count). The van der Waals surface area contributed by atoms with Gasteiger partial charge in [-0.3, -0.25) is 4.79 Å². The highest BCUT2D eigenvalue weighted by atomic mass is 19.1. The number of rotatable bonds is 7. The number of aromatic nitrogens is 5. The van der Waals surface area contributed by atoms with E-state index in [0.717, 1.165) is 36.0 Å². The summed E-state index contributed by atoms with van der Waals surface area (Å²) in [7, 11) is 0. The van der Waals surface area contributed by atoms with Crippen LogP contribution in [0.25, 0.3) is 16.7 Å². The van der Waals surface area contributed by atoms with E-state index in [1.165, 1.54) is 18.5 Å². The Morgan fingerprint density at radius 3 is 2.86 bits per heavy atom. The molecule has 0 saturated carbocycles. The average Bonchev–Trinajstić information content (AvgIpc) is 3.63. The summed E-state index contributed by atoms with van der Waals surface area (Å²) in [5.41, 5.74) is 2.47. The van der Waals surface area contributed by atoms with E-state index < -0.39 is 6.10 Å². The number of hydrogen-bond acceptors (Lipinski definition) is 7. The summed E-state index contributed by atoms with van der Waals surface area (Å²) in [6, 6.07) is 17.2. The summed E-state index contributed by atoms with van der Waals surface area (Å²) < 4.78 is 21.6. The molecule has 0 spiro atoms. The molecule has 1 amide bonds. The van der Waals surface area contributed by atoms with Crippen LogP contribution in [0.4, 0.5) is 4.39 Å². The Bertz CT molecular complexity index is 1560. The molecule has 5 aromatic rings. The van der Waals surface area contributed by atoms with Crippen LogP contribution in [0.2, 0.25) is 0 Å². The van der Waals surface area contributed by atoms with Crippen LogP contribution < -0.4 is 15.4 Å². The zero-order valence-corrected chi connectivity index (χ0v) is 19.8. The first kappa shape index (κ1) is 23.0. The molecule has 0 radical (unpaired) electrons. The van der Waals surface area contributed by atoms with Gasteiger partial charge in [-0.15, -0.1) is 0 Å². The van der Waals surface area contributed by atoms with Crippen molar-refractivity contribution in [2.45, 2.75) is 31.5 Å². The second-order valence-electron chi connectivity index (χ2n) is 8.91. The second kappa shape index (κ2) is 9.90. The standard InChI is InChI=1S/C27H24FN7O2/c28-18-9-7-17(8-10-18)15-31-26(36)22-14-24(19-4-1-2-5-20(19)34-22)37-25(21-6-3-12-29-21)23-11-13-30-27-32-16-33-35(23)27/h1-2,4-5,7-11,13-14,16,21,25,29H,3,6,12,15H2,(H,31,36)/t21?,25-/m1/s1. The molecule has 186 valence electrons. The summed E-state index contributed by atoms with van der Waals surface area (Å²) in [5, 5.41) is 11.5. The van der Waals surface area contributed by atoms with Gasteiger partial charge >= 0.3 is 0 Å². The lowest BCUT2D eigenvalue weighted by atomic mass is 10.1. The van der Waals surface area contributed by atoms with Crippen LogP contribution >= 0.6 is 0 Å². The largest absolute Gasteiger partial charge is 0.482 e. The Morgan fingerprint density at radius 2 is 2.03 bits per heavy atom. The molecule has 1 fully saturated rings. The van der Waals surface area contributed by atoms with Gasteiger partial charge in [-0.1, -0.05) is 24.3 Å². The highest BCUT2D eigenvalue weighted by Gasteiger charge is 2.31. The van der Waals surface area contributed by atoms with Gasteiger partial charge in [0, 0.05) is 30.2 Å². The molecule has 2 N–H and O–H groups in total. The van der Waals surface area contributed by atoms with Gasteiger partial charge in [0.25, 0.3) is 11.7 Å². The maximum Gasteiger partial charge on any atom is 0.270 e. The first-order valence-electron chi connectivity index (χ1n) is 12.1. The number of nitrogens with zero attached hydrogens (tertiary/aromatic N) is 5. The van der Waals surface area contributed by atoms with Crippen molar-refractivity contribution >= 4 is 22.6 Å². The van der Waals surface area contributed by atoms with Crippen molar-refractivity contribution in [2.75, 3.05) is 6.54 Å². The third-order valence-corrected chi connectivity index (χ3v) is 6.50. The Labute approximate surface area is 211 Å². The number of amides is 1. The molecule has 2 atom stereocenters. The Hall–Kier alpha value is -4.44. The van der Waals surface area contributed by atoms with Crippen molar-refractivity contribution in [1.82, 2.24) is 35.2 Å². The number of carbonyl (C=O) groups is 1. The molecule has 37 heavy (non-hydrogen) atoms. The fraction of sp³-hybridized carbons (Fsp3) is 0.222. The van der Waals surface area contributed by atoms with Gasteiger partial charge in [-0.2, -0.15) is 14.6 Å². The van der Waals surface area contributed by atoms with E-state index in [9.17, 15) is 9.18 Å². The number of benzene rings is 2. The second-order valence-corrected chi connectivity index (χ2v) is 8.91. The van der Waals surface area contributed by atoms with Crippen LogP contribution in [0.3, 0.4) is 0 Å². The van der Waals surface area contributed by atoms with Gasteiger partial charge in [-0.05, 0) is 55.3 Å². The van der Waals surface area contributed by atoms with Gasteiger partial charge in [0.1, 0.15) is 23.6 Å². The van der Waals surface area contributed by atoms with E-state index in [1.807, 2.05) is 30.3 Å². The number of ether oxygens (including phenoxy) is 1. The van der Waals surface area contributed by atoms with E-state index in [-0.39, 0.29) is 30.0 Å². The molecule has 1 unspecified atom stereocenters. The molecular formula is C27H24FN7O2. The van der Waals surface area contributed by atoms with Crippen LogP contribution in [0, 0.1) is 5.82 Å². The highest BCUT2D eigenvalue weighted by molar-refractivity contribution is 5.97. The van der Waals surface area contributed by atoms with Gasteiger partial charge in [0.05, 0.1) is 11.2 Å². The third-order valence-electron chi connectivity index (χ3n) is 6.50. The monoisotopic (exact) mass is 497 g/mol. The number of halogens is 1. The summed E-state index contributed by atoms with van der Waals surface area (Å²) >= 11 is 0. The molecule has 10 heteroatoms. The number of hydrogen-bond donors (Lipinski definition) is 2. The van der Waals surface area contributed by atoms with Crippen LogP contribution in [0.15, 0.2) is 73.2 Å². The molecule has 1 saturated heterocycles. The summed E-state index contributed by atoms with van der Waals surface area (Å²) in [6.07, 6.45) is 4.72. The average molecular weight is 498 g/mol. The lowest BCUT2D eigenvalue weighted by Gasteiger charge is -2.26. The summed E-state index contributed by atoms with van der Waals surface area (Å²) in [5.74, 6) is 0.362. The van der Waals surface area contributed by atoms with Crippen LogP contribution in [-0.2, 0) is 6.54 Å². The normalized spacial score (nSPS) is 16.2. The van der Waals surface area contributed by atoms with Crippen molar-refractivity contribution in [3.63, 3.8) is 0 Å². The molecule has 9 nitrogen and oxygen atoms in total. The number of nitrogens with one attached hydrogen (secondary N) is 2. The van der Waals surface area contributed by atoms with Gasteiger partial charge in [0.15, 0.2) is 6.10 Å². The predicted molar refractivity (Wildman–Crippen MR) is 134 cm³/mol. The van der Waals surface area contributed by atoms with E-state index in [0.29, 0.717) is 17.0 Å². The van der Waals surface area contributed by atoms with E-state index in [2.05, 4.69) is 30.7 Å². The number of pyridine rings is 1. The van der Waals surface area contributed by atoms with Crippen LogP contribution in [-0.4, -0.2) is 43.1 Å². The molecular weight excluding hydrogens is 473 g/mol. The number of fused-ring (bicyclic) bond motifs is 2. The minimum Gasteiger partial charge on any atom is -0.482 e. The maximum absolute atomic E-state index is 13.2. The molecule has 2 aromatic carbocycles. The topological polar surface area (TPSA) is 106 Å². The zero-order chi connectivity index (χ0) is 25.2. The molecule has 0 aliphatic carbocycles. The van der Waals surface area contributed by atoms with E-state index >= 15 is 0 Å². The minimum absolute atomic E-state index is 0.0393. The van der Waals surface area contributed by atoms with Crippen molar-refractivity contribution in [2.24, 2.45) is 0 Å². The fourth-order valence-electron chi connectivity index (χ4n) is 4.66. The van der Waals surface area contributed by atoms with Crippen molar-refractivity contribution in [1.29, 1.82) is 0 Å². The van der Waals surface area contributed by atoms with Gasteiger partial charge in [-0.25, -0.2) is 14.4 Å². The van der Waals surface area contributed by atoms with Crippen molar-refractivity contribution < 1.29 is 13.9 Å². The van der Waals surface area contributed by atoms with Gasteiger partial charge in [0.2, 0.25) is 0 Å². The first-order valence-corrected chi connectivity index (χ1v) is 12.1. The predicted octanol–water partition coefficient (Wildman–Crippen LogP) is 3.61. The number of carbonyl (C=O) groups excluding carboxylic acids is 1. The fourth-order valence-corrected chi connectivity index (χ4v) is 4.66. The van der Waals surface area contributed by atoms with Crippen molar-refractivity contribution in [3.8, 4) is 5.75 Å². The third kappa shape index (κ3) is 4.70. The Balaban J connectivity index is 1.35. The van der Waals surface area contributed by atoms with Crippen LogP contribution in [0.1, 0.15) is 40.7 Å². The molecule has 4 heterocycles. The first-order chi connectivity index (χ1) is 18.2. The SMILES string of the molecule is O=C(NCc1ccc(F)cc1)c1cc(O[C@@H](c2ccnc3ncnn23)C2CCCN2)c2ccccc2n1. The molecule has 1 aliphatic heterocycles. The highest BCUT2D eigenvalue weighted by Crippen LogP contribution is 2.33. The van der Waals surface area contributed by atoms with Gasteiger partial charge < -0.3 is 15.4 Å². The lowest BCUT2D eigenvalue weighted by Crippen LogP contribution is -2.34. The molecule has 1 aliphatic rings. The zero-order valence-electron chi connectivity index (χ0n) is 19.8. The lowest BCUT2D eigenvalue weighted by molar-refractivity contribution is 0.0945. The smallest absolute Gasteiger partial charge is 0.270 e. The number of para-hydroxylation sites is 1. The van der Waals surface area contributed by atoms with E-state index in [4.69, 9.17) is 4.74 Å². The molecule has 3 aromatic heterocycles. The molecule has 0 bridgehead atoms. The summed E-state index contributed by atoms with van der Waals surface area (Å²) in [6.45, 7) is 1.14. The van der Waals surface area contributed by atoms with E-state index in [1.54, 1.807) is 28.9 Å². The quantitative estimate of drug-likeness (QED) is 0.354. The van der Waals surface area contributed by atoms with Crippen molar-refractivity contribution in [3.05, 3.63) is 96.0 Å². The maximum atomic E-state index is 13.2. The van der Waals surface area contributed by atoms with Crippen LogP contribution in [0.5, 0.6) is 5.75 Å².